The van der Waals surface area contributed by atoms with Crippen molar-refractivity contribution < 1.29 is 0 Å². The van der Waals surface area contributed by atoms with Crippen LogP contribution in [0.15, 0.2) is 22.7 Å². The summed E-state index contributed by atoms with van der Waals surface area (Å²) in [6.45, 7) is 5.33. The van der Waals surface area contributed by atoms with Crippen molar-refractivity contribution in [1.82, 2.24) is 0 Å². The number of nitrogens with two attached hydrogens (primary N) is 1. The van der Waals surface area contributed by atoms with Crippen LogP contribution in [0.1, 0.15) is 51.1 Å². The van der Waals surface area contributed by atoms with Crippen molar-refractivity contribution in [3.8, 4) is 0 Å². The fraction of sp³-hybridized carbons (Fsp3) is 0.600. The quantitative estimate of drug-likeness (QED) is 0.901. The predicted octanol–water partition coefficient (Wildman–Crippen LogP) is 4.24. The van der Waals surface area contributed by atoms with Gasteiger partial charge in [0.25, 0.3) is 0 Å². The number of halogens is 1. The molecule has 2 N–H and O–H groups in total. The minimum absolute atomic E-state index is 0.0944. The van der Waals surface area contributed by atoms with Crippen molar-refractivity contribution >= 4 is 21.6 Å². The van der Waals surface area contributed by atoms with Crippen molar-refractivity contribution in [3.63, 3.8) is 0 Å². The molecule has 0 bridgehead atoms. The third kappa shape index (κ3) is 2.89. The predicted molar refractivity (Wildman–Crippen MR) is 82.0 cm³/mol. The van der Waals surface area contributed by atoms with Crippen LogP contribution in [0.4, 0.5) is 5.69 Å². The second kappa shape index (κ2) is 6.07. The van der Waals surface area contributed by atoms with Crippen LogP contribution in [0.5, 0.6) is 0 Å². The Morgan fingerprint density at radius 1 is 1.39 bits per heavy atom. The number of nitrogens with zero attached hydrogens (tertiary/aromatic N) is 1. The summed E-state index contributed by atoms with van der Waals surface area (Å²) in [6, 6.07) is 7.34. The average Bonchev–Trinajstić information content (AvgIpc) is 2.85. The van der Waals surface area contributed by atoms with Gasteiger partial charge in [-0.25, -0.2) is 0 Å². The maximum absolute atomic E-state index is 5.93. The first kappa shape index (κ1) is 13.9. The molecule has 0 aromatic heterocycles. The van der Waals surface area contributed by atoms with E-state index >= 15 is 0 Å². The Morgan fingerprint density at radius 2 is 2.06 bits per heavy atom. The molecule has 1 aromatic carbocycles. The summed E-state index contributed by atoms with van der Waals surface area (Å²) in [6.07, 6.45) is 5.40. The summed E-state index contributed by atoms with van der Waals surface area (Å²) in [5, 5.41) is 0. The topological polar surface area (TPSA) is 29.3 Å². The highest BCUT2D eigenvalue weighted by Crippen LogP contribution is 2.34. The van der Waals surface area contributed by atoms with Gasteiger partial charge in [0, 0.05) is 23.1 Å². The SMILES string of the molecule is CCN(c1ccc([C@@H](C)N)cc1Br)C1CCCC1. The average molecular weight is 311 g/mol. The van der Waals surface area contributed by atoms with E-state index in [0.29, 0.717) is 6.04 Å². The van der Waals surface area contributed by atoms with Gasteiger partial charge in [0.05, 0.1) is 5.69 Å². The molecule has 2 nitrogen and oxygen atoms in total. The molecular weight excluding hydrogens is 288 g/mol. The lowest BCUT2D eigenvalue weighted by Gasteiger charge is -2.31. The highest BCUT2D eigenvalue weighted by atomic mass is 79.9. The zero-order valence-corrected chi connectivity index (χ0v) is 12.9. The Bertz CT molecular complexity index is 397. The van der Waals surface area contributed by atoms with Gasteiger partial charge < -0.3 is 10.6 Å². The minimum Gasteiger partial charge on any atom is -0.368 e. The zero-order valence-electron chi connectivity index (χ0n) is 11.3. The summed E-state index contributed by atoms with van der Waals surface area (Å²) < 4.78 is 1.17. The molecule has 2 rings (SSSR count). The minimum atomic E-state index is 0.0944. The molecule has 1 aliphatic rings. The van der Waals surface area contributed by atoms with Crippen LogP contribution >= 0.6 is 15.9 Å². The Hall–Kier alpha value is -0.540. The lowest BCUT2D eigenvalue weighted by atomic mass is 10.1. The van der Waals surface area contributed by atoms with Crippen LogP contribution in [-0.2, 0) is 0 Å². The summed E-state index contributed by atoms with van der Waals surface area (Å²) in [5.41, 5.74) is 8.43. The number of rotatable bonds is 4. The lowest BCUT2D eigenvalue weighted by Crippen LogP contribution is -2.33. The maximum Gasteiger partial charge on any atom is 0.0513 e. The van der Waals surface area contributed by atoms with Gasteiger partial charge in [0.15, 0.2) is 0 Å². The molecule has 0 radical (unpaired) electrons. The molecule has 0 saturated heterocycles. The Balaban J connectivity index is 2.25. The summed E-state index contributed by atoms with van der Waals surface area (Å²) >= 11 is 3.71. The van der Waals surface area contributed by atoms with Crippen molar-refractivity contribution in [2.24, 2.45) is 5.73 Å². The molecule has 0 heterocycles. The van der Waals surface area contributed by atoms with E-state index in [0.717, 1.165) is 6.54 Å². The van der Waals surface area contributed by atoms with E-state index in [1.807, 2.05) is 6.92 Å². The molecule has 1 fully saturated rings. The fourth-order valence-corrected chi connectivity index (χ4v) is 3.50. The van der Waals surface area contributed by atoms with Gasteiger partial charge >= 0.3 is 0 Å². The third-order valence-electron chi connectivity index (χ3n) is 3.91. The first-order valence-electron chi connectivity index (χ1n) is 6.95. The standard InChI is InChI=1S/C15H23BrN2/c1-3-18(13-6-4-5-7-13)15-9-8-12(11(2)17)10-14(15)16/h8-11,13H,3-7,17H2,1-2H3/t11-/m1/s1. The van der Waals surface area contributed by atoms with Gasteiger partial charge in [-0.1, -0.05) is 18.9 Å². The van der Waals surface area contributed by atoms with E-state index in [9.17, 15) is 0 Å². The van der Waals surface area contributed by atoms with Gasteiger partial charge in [-0.2, -0.15) is 0 Å². The molecule has 1 atom stereocenters. The number of anilines is 1. The molecule has 1 aromatic rings. The van der Waals surface area contributed by atoms with Crippen molar-refractivity contribution in [2.45, 2.75) is 51.6 Å². The molecule has 18 heavy (non-hydrogen) atoms. The monoisotopic (exact) mass is 310 g/mol. The molecule has 1 saturated carbocycles. The second-order valence-electron chi connectivity index (χ2n) is 5.22. The molecule has 100 valence electrons. The van der Waals surface area contributed by atoms with E-state index < -0.39 is 0 Å². The summed E-state index contributed by atoms with van der Waals surface area (Å²) in [4.78, 5) is 2.53. The van der Waals surface area contributed by atoms with Crippen LogP contribution in [0.3, 0.4) is 0 Å². The molecular formula is C15H23BrN2. The van der Waals surface area contributed by atoms with Crippen molar-refractivity contribution in [3.05, 3.63) is 28.2 Å². The normalized spacial score (nSPS) is 18.0. The van der Waals surface area contributed by atoms with E-state index in [4.69, 9.17) is 5.73 Å². The third-order valence-corrected chi connectivity index (χ3v) is 4.55. The van der Waals surface area contributed by atoms with Gasteiger partial charge in [0.2, 0.25) is 0 Å². The van der Waals surface area contributed by atoms with Crippen molar-refractivity contribution in [1.29, 1.82) is 0 Å². The first-order chi connectivity index (χ1) is 8.63. The molecule has 3 heteroatoms. The number of hydrogen-bond acceptors (Lipinski definition) is 2. The number of hydrogen-bond donors (Lipinski definition) is 1. The number of benzene rings is 1. The van der Waals surface area contributed by atoms with Crippen LogP contribution in [0, 0.1) is 0 Å². The Labute approximate surface area is 119 Å². The van der Waals surface area contributed by atoms with Crippen LogP contribution in [0.2, 0.25) is 0 Å². The van der Waals surface area contributed by atoms with Crippen LogP contribution in [0.25, 0.3) is 0 Å². The molecule has 0 spiro atoms. The second-order valence-corrected chi connectivity index (χ2v) is 6.08. The lowest BCUT2D eigenvalue weighted by molar-refractivity contribution is 0.618. The van der Waals surface area contributed by atoms with Crippen molar-refractivity contribution in [2.75, 3.05) is 11.4 Å². The van der Waals surface area contributed by atoms with Gasteiger partial charge in [-0.15, -0.1) is 0 Å². The van der Waals surface area contributed by atoms with Crippen LogP contribution in [-0.4, -0.2) is 12.6 Å². The van der Waals surface area contributed by atoms with Crippen LogP contribution < -0.4 is 10.6 Å². The Kier molecular flexibility index (Phi) is 4.68. The smallest absolute Gasteiger partial charge is 0.0513 e. The summed E-state index contributed by atoms with van der Waals surface area (Å²) in [7, 11) is 0. The molecule has 1 aliphatic carbocycles. The fourth-order valence-electron chi connectivity index (χ4n) is 2.88. The largest absolute Gasteiger partial charge is 0.368 e. The molecule has 0 aliphatic heterocycles. The van der Waals surface area contributed by atoms with Gasteiger partial charge in [-0.3, -0.25) is 0 Å². The highest BCUT2D eigenvalue weighted by molar-refractivity contribution is 9.10. The first-order valence-corrected chi connectivity index (χ1v) is 7.74. The van der Waals surface area contributed by atoms with E-state index in [1.165, 1.54) is 41.4 Å². The highest BCUT2D eigenvalue weighted by Gasteiger charge is 2.23. The van der Waals surface area contributed by atoms with E-state index in [2.05, 4.69) is 46.0 Å². The van der Waals surface area contributed by atoms with E-state index in [1.54, 1.807) is 0 Å². The molecule has 0 unspecified atom stereocenters. The van der Waals surface area contributed by atoms with E-state index in [-0.39, 0.29) is 6.04 Å². The van der Waals surface area contributed by atoms with Gasteiger partial charge in [0.1, 0.15) is 0 Å². The van der Waals surface area contributed by atoms with Gasteiger partial charge in [-0.05, 0) is 60.3 Å². The maximum atomic E-state index is 5.93. The zero-order chi connectivity index (χ0) is 13.1. The Morgan fingerprint density at radius 3 is 2.56 bits per heavy atom. The summed E-state index contributed by atoms with van der Waals surface area (Å²) in [5.74, 6) is 0. The molecule has 0 amide bonds.